The molecule has 17 heavy (non-hydrogen) atoms. The van der Waals surface area contributed by atoms with Crippen LogP contribution in [-0.2, 0) is 4.79 Å². The number of hydrogen-bond donors (Lipinski definition) is 1. The Morgan fingerprint density at radius 1 is 1.29 bits per heavy atom. The zero-order valence-corrected chi connectivity index (χ0v) is 10.6. The normalized spacial score (nSPS) is 12.9. The smallest absolute Gasteiger partial charge is 0.305 e. The quantitative estimate of drug-likeness (QED) is 0.788. The van der Waals surface area contributed by atoms with E-state index in [0.717, 1.165) is 18.7 Å². The van der Waals surface area contributed by atoms with E-state index in [1.807, 2.05) is 6.92 Å². The summed E-state index contributed by atoms with van der Waals surface area (Å²) in [7, 11) is 0. The monoisotopic (exact) mass is 240 g/mol. The molecule has 0 radical (unpaired) electrons. The van der Waals surface area contributed by atoms with Crippen molar-refractivity contribution in [2.75, 3.05) is 0 Å². The Hall–Kier alpha value is -1.46. The summed E-state index contributed by atoms with van der Waals surface area (Å²) in [4.78, 5) is 10.8. The summed E-state index contributed by atoms with van der Waals surface area (Å²) in [6.45, 7) is 6.13. The zero-order valence-electron chi connectivity index (χ0n) is 10.6. The Morgan fingerprint density at radius 2 is 1.94 bits per heavy atom. The fraction of sp³-hybridized carbons (Fsp3) is 0.818. The van der Waals surface area contributed by atoms with Crippen molar-refractivity contribution in [3.8, 4) is 0 Å². The fourth-order valence-electron chi connectivity index (χ4n) is 1.99. The third-order valence-electron chi connectivity index (χ3n) is 3.10. The maximum atomic E-state index is 10.8. The number of nitrogens with zero attached hydrogens (tertiary/aromatic N) is 4. The third-order valence-corrected chi connectivity index (χ3v) is 3.10. The van der Waals surface area contributed by atoms with Crippen LogP contribution in [0.3, 0.4) is 0 Å². The van der Waals surface area contributed by atoms with Crippen LogP contribution in [0.15, 0.2) is 0 Å². The van der Waals surface area contributed by atoms with Gasteiger partial charge in [-0.25, -0.2) is 4.68 Å². The van der Waals surface area contributed by atoms with E-state index in [1.54, 1.807) is 4.68 Å². The number of rotatable bonds is 7. The fourth-order valence-corrected chi connectivity index (χ4v) is 1.99. The molecule has 0 bridgehead atoms. The molecule has 1 atom stereocenters. The van der Waals surface area contributed by atoms with Gasteiger partial charge in [0.05, 0.1) is 12.5 Å². The Bertz CT molecular complexity index is 360. The summed E-state index contributed by atoms with van der Waals surface area (Å²) in [5.74, 6) is 0.291. The van der Waals surface area contributed by atoms with Crippen LogP contribution in [0.4, 0.5) is 0 Å². The average Bonchev–Trinajstić information content (AvgIpc) is 2.76. The second kappa shape index (κ2) is 6.32. The van der Waals surface area contributed by atoms with Crippen molar-refractivity contribution in [3.63, 3.8) is 0 Å². The molecule has 0 aliphatic heterocycles. The average molecular weight is 240 g/mol. The first-order chi connectivity index (χ1) is 8.13. The number of tetrazole rings is 1. The minimum atomic E-state index is -0.817. The molecule has 0 amide bonds. The molecule has 0 saturated heterocycles. The van der Waals surface area contributed by atoms with Crippen molar-refractivity contribution < 1.29 is 9.90 Å². The largest absolute Gasteiger partial charge is 0.481 e. The maximum Gasteiger partial charge on any atom is 0.305 e. The van der Waals surface area contributed by atoms with Gasteiger partial charge in [0, 0.05) is 5.92 Å². The minimum Gasteiger partial charge on any atom is -0.481 e. The summed E-state index contributed by atoms with van der Waals surface area (Å²) in [6.07, 6.45) is 2.69. The van der Waals surface area contributed by atoms with Crippen LogP contribution in [0.2, 0.25) is 0 Å². The van der Waals surface area contributed by atoms with Crippen LogP contribution in [0, 0.1) is 0 Å². The molecule has 0 fully saturated rings. The van der Waals surface area contributed by atoms with Crippen LogP contribution in [0.1, 0.15) is 64.2 Å². The summed E-state index contributed by atoms with van der Waals surface area (Å²) in [5.41, 5.74) is 0. The number of hydrogen-bond acceptors (Lipinski definition) is 4. The van der Waals surface area contributed by atoms with Gasteiger partial charge in [0.25, 0.3) is 0 Å². The first kappa shape index (κ1) is 13.6. The first-order valence-electron chi connectivity index (χ1n) is 6.13. The Kier molecular flexibility index (Phi) is 5.06. The molecule has 6 heteroatoms. The van der Waals surface area contributed by atoms with Gasteiger partial charge in [0.2, 0.25) is 0 Å². The molecule has 1 aromatic rings. The SMILES string of the molecule is CCC(CC)c1nnnn1C(CC)CC(=O)O. The van der Waals surface area contributed by atoms with Gasteiger partial charge in [-0.1, -0.05) is 20.8 Å². The lowest BCUT2D eigenvalue weighted by Gasteiger charge is -2.18. The second-order valence-electron chi connectivity index (χ2n) is 4.16. The van der Waals surface area contributed by atoms with Crippen molar-refractivity contribution in [1.29, 1.82) is 0 Å². The Morgan fingerprint density at radius 3 is 2.41 bits per heavy atom. The number of carboxylic acids is 1. The molecule has 0 aliphatic carbocycles. The van der Waals surface area contributed by atoms with E-state index in [0.29, 0.717) is 12.3 Å². The van der Waals surface area contributed by atoms with Gasteiger partial charge in [0.15, 0.2) is 5.82 Å². The van der Waals surface area contributed by atoms with Crippen molar-refractivity contribution in [2.24, 2.45) is 0 Å². The van der Waals surface area contributed by atoms with Gasteiger partial charge in [-0.3, -0.25) is 4.79 Å². The highest BCUT2D eigenvalue weighted by atomic mass is 16.4. The molecule has 6 nitrogen and oxygen atoms in total. The van der Waals surface area contributed by atoms with Gasteiger partial charge in [-0.2, -0.15) is 0 Å². The van der Waals surface area contributed by atoms with Crippen molar-refractivity contribution >= 4 is 5.97 Å². The topological polar surface area (TPSA) is 80.9 Å². The molecule has 1 aromatic heterocycles. The van der Waals surface area contributed by atoms with Crippen LogP contribution < -0.4 is 0 Å². The molecule has 1 N–H and O–H groups in total. The van der Waals surface area contributed by atoms with E-state index < -0.39 is 5.97 Å². The highest BCUT2D eigenvalue weighted by molar-refractivity contribution is 5.67. The number of aromatic nitrogens is 4. The first-order valence-corrected chi connectivity index (χ1v) is 6.13. The van der Waals surface area contributed by atoms with Crippen molar-refractivity contribution in [1.82, 2.24) is 20.2 Å². The van der Waals surface area contributed by atoms with E-state index in [9.17, 15) is 4.79 Å². The van der Waals surface area contributed by atoms with E-state index in [-0.39, 0.29) is 12.5 Å². The van der Waals surface area contributed by atoms with Gasteiger partial charge in [-0.15, -0.1) is 5.10 Å². The number of aliphatic carboxylic acids is 1. The van der Waals surface area contributed by atoms with Gasteiger partial charge in [-0.05, 0) is 29.7 Å². The van der Waals surface area contributed by atoms with Gasteiger partial charge < -0.3 is 5.11 Å². The van der Waals surface area contributed by atoms with Crippen molar-refractivity contribution in [3.05, 3.63) is 5.82 Å². The molecule has 0 aromatic carbocycles. The molecule has 1 rings (SSSR count). The molecular weight excluding hydrogens is 220 g/mol. The Balaban J connectivity index is 2.95. The zero-order chi connectivity index (χ0) is 12.8. The van der Waals surface area contributed by atoms with E-state index in [4.69, 9.17) is 5.11 Å². The summed E-state index contributed by atoms with van der Waals surface area (Å²) >= 11 is 0. The van der Waals surface area contributed by atoms with Crippen LogP contribution in [0.25, 0.3) is 0 Å². The molecule has 96 valence electrons. The van der Waals surface area contributed by atoms with Crippen LogP contribution in [0.5, 0.6) is 0 Å². The third kappa shape index (κ3) is 3.25. The summed E-state index contributed by atoms with van der Waals surface area (Å²) in [6, 6.07) is -0.155. The van der Waals surface area contributed by atoms with E-state index >= 15 is 0 Å². The highest BCUT2D eigenvalue weighted by Gasteiger charge is 2.22. The van der Waals surface area contributed by atoms with Gasteiger partial charge >= 0.3 is 5.97 Å². The predicted molar refractivity (Wildman–Crippen MR) is 62.7 cm³/mol. The van der Waals surface area contributed by atoms with Gasteiger partial charge in [0.1, 0.15) is 0 Å². The standard InChI is InChI=1S/C11H20N4O2/c1-4-8(5-2)11-12-13-14-15(11)9(6-3)7-10(16)17/h8-9H,4-7H2,1-3H3,(H,16,17). The molecular formula is C11H20N4O2. The molecule has 0 spiro atoms. The molecule has 0 aliphatic rings. The van der Waals surface area contributed by atoms with Crippen LogP contribution in [-0.4, -0.2) is 31.3 Å². The van der Waals surface area contributed by atoms with Crippen molar-refractivity contribution in [2.45, 2.75) is 58.4 Å². The lowest BCUT2D eigenvalue weighted by Crippen LogP contribution is -2.18. The number of carbonyl (C=O) groups is 1. The summed E-state index contributed by atoms with van der Waals surface area (Å²) < 4.78 is 1.69. The summed E-state index contributed by atoms with van der Waals surface area (Å²) in [5, 5.41) is 20.6. The highest BCUT2D eigenvalue weighted by Crippen LogP contribution is 2.24. The van der Waals surface area contributed by atoms with Crippen LogP contribution >= 0.6 is 0 Å². The number of carboxylic acid groups (broad SMARTS) is 1. The lowest BCUT2D eigenvalue weighted by molar-refractivity contribution is -0.138. The van der Waals surface area contributed by atoms with E-state index in [2.05, 4.69) is 29.4 Å². The van der Waals surface area contributed by atoms with E-state index in [1.165, 1.54) is 0 Å². The second-order valence-corrected chi connectivity index (χ2v) is 4.16. The molecule has 0 saturated carbocycles. The minimum absolute atomic E-state index is 0.0642. The maximum absolute atomic E-state index is 10.8. The Labute approximate surface area is 101 Å². The molecule has 1 heterocycles. The lowest BCUT2D eigenvalue weighted by atomic mass is 10.0. The predicted octanol–water partition coefficient (Wildman–Crippen LogP) is 2.00. The molecule has 1 unspecified atom stereocenters.